The Morgan fingerprint density at radius 3 is 2.61 bits per heavy atom. The van der Waals surface area contributed by atoms with Crippen molar-refractivity contribution in [2.45, 2.75) is 25.6 Å². The van der Waals surface area contributed by atoms with E-state index in [-0.39, 0.29) is 23.7 Å². The fraction of sp³-hybridized carbons (Fsp3) is 0.333. The number of benzene rings is 1. The minimum atomic E-state index is -4.91. The van der Waals surface area contributed by atoms with Crippen LogP contribution in [0.1, 0.15) is 29.6 Å². The summed E-state index contributed by atoms with van der Waals surface area (Å²) in [7, 11) is 1.83. The average Bonchev–Trinajstić information content (AvgIpc) is 3.53. The van der Waals surface area contributed by atoms with E-state index in [1.807, 2.05) is 11.9 Å². The number of pyridine rings is 1. The zero-order valence-electron chi connectivity index (χ0n) is 19.6. The fourth-order valence-electron chi connectivity index (χ4n) is 3.85. The number of carbonyl (C=O) groups excluding carboxylic acids is 2. The Morgan fingerprint density at radius 2 is 1.97 bits per heavy atom. The van der Waals surface area contributed by atoms with E-state index in [9.17, 15) is 22.8 Å². The Morgan fingerprint density at radius 1 is 1.22 bits per heavy atom. The monoisotopic (exact) mass is 503 g/mol. The Balaban J connectivity index is 1.46. The largest absolute Gasteiger partial charge is 0.452 e. The zero-order valence-corrected chi connectivity index (χ0v) is 19.6. The first-order valence-electron chi connectivity index (χ1n) is 11.2. The molecule has 0 bridgehead atoms. The number of halogens is 3. The number of carbonyl (C=O) groups is 2. The molecular weight excluding hydrogens is 479 g/mol. The van der Waals surface area contributed by atoms with Gasteiger partial charge in [-0.15, -0.1) is 0 Å². The van der Waals surface area contributed by atoms with Crippen molar-refractivity contribution in [3.63, 3.8) is 0 Å². The highest BCUT2D eigenvalue weighted by Crippen LogP contribution is 2.35. The number of likely N-dealkylation sites (N-methyl/N-ethyl adjacent to an activating group) is 1. The molecule has 0 saturated carbocycles. The summed E-state index contributed by atoms with van der Waals surface area (Å²) in [6, 6.07) is 11.2. The van der Waals surface area contributed by atoms with Gasteiger partial charge in [0.2, 0.25) is 11.7 Å². The van der Waals surface area contributed by atoms with Crippen LogP contribution in [-0.2, 0) is 10.9 Å². The number of oxazole rings is 1. The molecule has 12 heteroatoms. The summed E-state index contributed by atoms with van der Waals surface area (Å²) in [6.07, 6.45) is -3.20. The van der Waals surface area contributed by atoms with Gasteiger partial charge in [-0.3, -0.25) is 4.79 Å². The van der Waals surface area contributed by atoms with Gasteiger partial charge < -0.3 is 24.3 Å². The van der Waals surface area contributed by atoms with Crippen LogP contribution in [0.25, 0.3) is 11.5 Å². The molecule has 2 amide bonds. The summed E-state index contributed by atoms with van der Waals surface area (Å²) in [5.41, 5.74) is -0.369. The van der Waals surface area contributed by atoms with E-state index >= 15 is 0 Å². The molecule has 2 aromatic heterocycles. The van der Waals surface area contributed by atoms with Crippen LogP contribution in [0.4, 0.5) is 29.5 Å². The molecule has 3 heterocycles. The summed E-state index contributed by atoms with van der Waals surface area (Å²) >= 11 is 0. The van der Waals surface area contributed by atoms with E-state index in [2.05, 4.69) is 15.3 Å². The first kappa shape index (κ1) is 25.0. The molecule has 3 aromatic rings. The third kappa shape index (κ3) is 5.42. The molecule has 9 nitrogen and oxygen atoms in total. The summed E-state index contributed by atoms with van der Waals surface area (Å²) in [4.78, 5) is 36.3. The van der Waals surface area contributed by atoms with Crippen LogP contribution >= 0.6 is 0 Å². The van der Waals surface area contributed by atoms with Crippen molar-refractivity contribution < 1.29 is 31.9 Å². The van der Waals surface area contributed by atoms with Gasteiger partial charge in [0.15, 0.2) is 5.69 Å². The second-order valence-corrected chi connectivity index (χ2v) is 8.12. The molecule has 36 heavy (non-hydrogen) atoms. The molecule has 4 rings (SSSR count). The second kappa shape index (κ2) is 10.3. The van der Waals surface area contributed by atoms with Gasteiger partial charge in [0, 0.05) is 31.7 Å². The van der Waals surface area contributed by atoms with Crippen LogP contribution in [0.5, 0.6) is 0 Å². The Kier molecular flexibility index (Phi) is 7.13. The van der Waals surface area contributed by atoms with Gasteiger partial charge >= 0.3 is 12.3 Å². The molecular formula is C24H24F3N5O4. The molecule has 0 unspecified atom stereocenters. The lowest BCUT2D eigenvalue weighted by Gasteiger charge is -2.25. The maximum atomic E-state index is 13.5. The van der Waals surface area contributed by atoms with Gasteiger partial charge in [-0.1, -0.05) is 18.2 Å². The third-order valence-corrected chi connectivity index (χ3v) is 5.72. The topological polar surface area (TPSA) is 101 Å². The molecule has 1 fully saturated rings. The van der Waals surface area contributed by atoms with Crippen molar-refractivity contribution in [3.05, 3.63) is 60.1 Å². The number of ether oxygens (including phenoxy) is 1. The van der Waals surface area contributed by atoms with Crippen molar-refractivity contribution >= 4 is 23.5 Å². The number of hydrogen-bond acceptors (Lipinski definition) is 7. The van der Waals surface area contributed by atoms with Crippen molar-refractivity contribution in [1.82, 2.24) is 14.9 Å². The molecule has 1 N–H and O–H groups in total. The molecule has 0 spiro atoms. The van der Waals surface area contributed by atoms with Gasteiger partial charge in [0.1, 0.15) is 5.82 Å². The van der Waals surface area contributed by atoms with Gasteiger partial charge in [-0.25, -0.2) is 14.8 Å². The average molecular weight is 503 g/mol. The number of anilines is 2. The van der Waals surface area contributed by atoms with Gasteiger partial charge in [0.05, 0.1) is 18.5 Å². The molecule has 1 aliphatic heterocycles. The number of nitrogens with one attached hydrogen (secondary N) is 1. The molecule has 1 saturated heterocycles. The smallest absolute Gasteiger partial charge is 0.450 e. The number of likely N-dealkylation sites (tertiary alicyclic amines) is 1. The summed E-state index contributed by atoms with van der Waals surface area (Å²) in [6.45, 7) is 3.09. The maximum absolute atomic E-state index is 13.5. The van der Waals surface area contributed by atoms with Crippen LogP contribution < -0.4 is 10.2 Å². The van der Waals surface area contributed by atoms with Gasteiger partial charge in [-0.05, 0) is 37.6 Å². The Labute approximate surface area is 204 Å². The first-order valence-corrected chi connectivity index (χ1v) is 11.2. The van der Waals surface area contributed by atoms with Gasteiger partial charge in [0.25, 0.3) is 5.91 Å². The SMILES string of the molecule is CCOC(=O)N1CC[C@H](N(C)c2ccc(NC(=O)c3nc(-c4ccccc4)oc3C(F)(F)F)cn2)C1. The molecule has 0 aliphatic carbocycles. The van der Waals surface area contributed by atoms with E-state index in [1.54, 1.807) is 36.1 Å². The lowest BCUT2D eigenvalue weighted by molar-refractivity contribution is -0.153. The van der Waals surface area contributed by atoms with Crippen LogP contribution in [0.2, 0.25) is 0 Å². The van der Waals surface area contributed by atoms with Crippen molar-refractivity contribution in [2.75, 3.05) is 37.0 Å². The zero-order chi connectivity index (χ0) is 25.9. The Hall–Kier alpha value is -4.09. The van der Waals surface area contributed by atoms with Crippen LogP contribution in [-0.4, -0.2) is 59.7 Å². The highest BCUT2D eigenvalue weighted by atomic mass is 19.4. The standard InChI is InChI=1S/C24H24F3N5O4/c1-3-35-23(34)32-12-11-17(14-32)31(2)18-10-9-16(13-28-18)29-21(33)19-20(24(25,26)27)36-22(30-19)15-7-5-4-6-8-15/h4-10,13,17H,3,11-12,14H2,1-2H3,(H,29,33)/t17-/m0/s1. The van der Waals surface area contributed by atoms with Crippen molar-refractivity contribution in [2.24, 2.45) is 0 Å². The van der Waals surface area contributed by atoms with E-state index in [1.165, 1.54) is 24.4 Å². The summed E-state index contributed by atoms with van der Waals surface area (Å²) < 4.78 is 50.5. The van der Waals surface area contributed by atoms with E-state index in [4.69, 9.17) is 9.15 Å². The minimum Gasteiger partial charge on any atom is -0.450 e. The van der Waals surface area contributed by atoms with Crippen molar-refractivity contribution in [1.29, 1.82) is 0 Å². The summed E-state index contributed by atoms with van der Waals surface area (Å²) in [5, 5.41) is 2.40. The predicted octanol–water partition coefficient (Wildman–Crippen LogP) is 4.67. The fourth-order valence-corrected chi connectivity index (χ4v) is 3.85. The normalized spacial score (nSPS) is 15.6. The lowest BCUT2D eigenvalue weighted by Crippen LogP contribution is -2.37. The number of aromatic nitrogens is 2. The van der Waals surface area contributed by atoms with E-state index < -0.39 is 23.5 Å². The number of alkyl halides is 3. The number of nitrogens with zero attached hydrogens (tertiary/aromatic N) is 4. The highest BCUT2D eigenvalue weighted by Gasteiger charge is 2.42. The molecule has 1 atom stereocenters. The van der Waals surface area contributed by atoms with E-state index in [0.717, 1.165) is 6.42 Å². The second-order valence-electron chi connectivity index (χ2n) is 8.12. The van der Waals surface area contributed by atoms with Crippen molar-refractivity contribution in [3.8, 4) is 11.5 Å². The molecule has 1 aliphatic rings. The number of rotatable bonds is 6. The lowest BCUT2D eigenvalue weighted by atomic mass is 10.2. The van der Waals surface area contributed by atoms with Crippen LogP contribution in [0.15, 0.2) is 53.1 Å². The van der Waals surface area contributed by atoms with Crippen LogP contribution in [0, 0.1) is 0 Å². The predicted molar refractivity (Wildman–Crippen MR) is 125 cm³/mol. The number of amides is 2. The summed E-state index contributed by atoms with van der Waals surface area (Å²) in [5.74, 6) is -2.28. The quantitative estimate of drug-likeness (QED) is 0.522. The molecule has 190 valence electrons. The van der Waals surface area contributed by atoms with Crippen LogP contribution in [0.3, 0.4) is 0 Å². The highest BCUT2D eigenvalue weighted by molar-refractivity contribution is 6.04. The maximum Gasteiger partial charge on any atom is 0.452 e. The molecule has 0 radical (unpaired) electrons. The number of hydrogen-bond donors (Lipinski definition) is 1. The Bertz CT molecular complexity index is 1210. The first-order chi connectivity index (χ1) is 17.2. The van der Waals surface area contributed by atoms with E-state index in [0.29, 0.717) is 31.1 Å². The third-order valence-electron chi connectivity index (χ3n) is 5.72. The molecule has 1 aromatic carbocycles. The van der Waals surface area contributed by atoms with Gasteiger partial charge in [-0.2, -0.15) is 13.2 Å². The minimum absolute atomic E-state index is 0.0169.